The van der Waals surface area contributed by atoms with Gasteiger partial charge in [0.05, 0.1) is 18.3 Å². The molecule has 2 saturated heterocycles. The molecule has 3 nitrogen and oxygen atoms in total. The molecule has 0 aromatic carbocycles. The summed E-state index contributed by atoms with van der Waals surface area (Å²) in [5, 5.41) is 18.4. The molecule has 0 amide bonds. The zero-order chi connectivity index (χ0) is 7.19. The predicted molar refractivity (Wildman–Crippen MR) is 37.5 cm³/mol. The van der Waals surface area contributed by atoms with Gasteiger partial charge in [0.25, 0.3) is 0 Å². The van der Waals surface area contributed by atoms with E-state index in [1.807, 2.05) is 0 Å². The monoisotopic (exact) mass is 399 g/mol. The maximum atomic E-state index is 9.44. The van der Waals surface area contributed by atoms with Crippen molar-refractivity contribution in [3.05, 3.63) is 6.61 Å². The Labute approximate surface area is 93.3 Å². The van der Waals surface area contributed by atoms with Crippen LogP contribution in [0.5, 0.6) is 0 Å². The van der Waals surface area contributed by atoms with Crippen molar-refractivity contribution in [1.29, 1.82) is 0 Å². The van der Waals surface area contributed by atoms with E-state index < -0.39 is 11.7 Å². The first-order valence-corrected chi connectivity index (χ1v) is 4.25. The van der Waals surface area contributed by atoms with E-state index in [1.165, 1.54) is 0 Å². The molecule has 0 aromatic heterocycles. The Morgan fingerprint density at radius 1 is 1.73 bits per heavy atom. The molecule has 11 heavy (non-hydrogen) atoms. The second-order valence-electron chi connectivity index (χ2n) is 2.70. The van der Waals surface area contributed by atoms with E-state index in [9.17, 15) is 5.11 Å². The number of hydrogen-bond acceptors (Lipinski definition) is 4. The van der Waals surface area contributed by atoms with Crippen molar-refractivity contribution < 1.29 is 46.1 Å². The minimum absolute atomic E-state index is 0. The van der Waals surface area contributed by atoms with Crippen LogP contribution in [0.3, 0.4) is 0 Å². The molecule has 0 aromatic rings. The summed E-state index contributed by atoms with van der Waals surface area (Å²) >= 11 is 1.63. The van der Waals surface area contributed by atoms with Crippen LogP contribution in [0.4, 0.5) is 0 Å². The van der Waals surface area contributed by atoms with Gasteiger partial charge >= 0.3 is 0 Å². The molecular formula is C6H9O3SU-. The normalized spacial score (nSPS) is 47.5. The Kier molecular flexibility index (Phi) is 3.36. The third kappa shape index (κ3) is 1.41. The summed E-state index contributed by atoms with van der Waals surface area (Å²) < 4.78 is 5.16. The van der Waals surface area contributed by atoms with Crippen molar-refractivity contribution in [2.75, 3.05) is 12.4 Å². The van der Waals surface area contributed by atoms with Gasteiger partial charge in [-0.15, -0.1) is 0 Å². The van der Waals surface area contributed by atoms with E-state index in [-0.39, 0.29) is 43.0 Å². The minimum atomic E-state index is -0.671. The van der Waals surface area contributed by atoms with Crippen LogP contribution in [0.1, 0.15) is 0 Å². The van der Waals surface area contributed by atoms with Gasteiger partial charge in [-0.1, -0.05) is 5.25 Å². The fourth-order valence-corrected chi connectivity index (χ4v) is 2.68. The van der Waals surface area contributed by atoms with Gasteiger partial charge < -0.3 is 14.9 Å². The summed E-state index contributed by atoms with van der Waals surface area (Å²) in [6, 6.07) is 0. The molecule has 2 N–H and O–H groups in total. The summed E-state index contributed by atoms with van der Waals surface area (Å²) in [5.41, 5.74) is -0.671. The van der Waals surface area contributed by atoms with Crippen molar-refractivity contribution in [3.8, 4) is 0 Å². The van der Waals surface area contributed by atoms with Crippen LogP contribution < -0.4 is 0 Å². The number of fused-ring (bicyclic) bond motifs is 2. The van der Waals surface area contributed by atoms with Gasteiger partial charge in [0.2, 0.25) is 0 Å². The number of hydrogen-bond donors (Lipinski definition) is 2. The number of ether oxygens (including phenoxy) is 1. The summed E-state index contributed by atoms with van der Waals surface area (Å²) in [6.07, 6.45) is -0.512. The van der Waals surface area contributed by atoms with Crippen LogP contribution >= 0.6 is 11.8 Å². The average Bonchev–Trinajstić information content (AvgIpc) is 2.46. The molecule has 2 fully saturated rings. The quantitative estimate of drug-likeness (QED) is 0.578. The number of aliphatic hydroxyl groups is 2. The molecule has 2 heterocycles. The molecule has 5 heteroatoms. The van der Waals surface area contributed by atoms with E-state index >= 15 is 0 Å². The summed E-state index contributed by atoms with van der Waals surface area (Å²) in [4.78, 5) is 0. The molecule has 0 saturated carbocycles. The van der Waals surface area contributed by atoms with Crippen molar-refractivity contribution in [3.63, 3.8) is 0 Å². The molecule has 3 atom stereocenters. The van der Waals surface area contributed by atoms with Crippen molar-refractivity contribution in [2.45, 2.75) is 17.0 Å². The number of rotatable bonds is 1. The van der Waals surface area contributed by atoms with Crippen LogP contribution in [0.2, 0.25) is 0 Å². The van der Waals surface area contributed by atoms with Gasteiger partial charge in [0.15, 0.2) is 0 Å². The fourth-order valence-electron chi connectivity index (χ4n) is 1.31. The Balaban J connectivity index is 0.000000605. The Hall–Kier alpha value is 1.28. The maximum Gasteiger partial charge on any atom is 0.0926 e. The van der Waals surface area contributed by atoms with E-state index in [2.05, 4.69) is 0 Å². The van der Waals surface area contributed by atoms with E-state index in [4.69, 9.17) is 9.84 Å². The van der Waals surface area contributed by atoms with Gasteiger partial charge in [0, 0.05) is 36.9 Å². The Morgan fingerprint density at radius 3 is 2.64 bits per heavy atom. The molecule has 0 spiro atoms. The fraction of sp³-hybridized carbons (Fsp3) is 0.833. The van der Waals surface area contributed by atoms with Crippen LogP contribution in [-0.2, 0) is 4.74 Å². The summed E-state index contributed by atoms with van der Waals surface area (Å²) in [6.45, 7) is 1.53. The number of aliphatic hydroxyl groups excluding tert-OH is 2. The summed E-state index contributed by atoms with van der Waals surface area (Å²) in [5.74, 6) is 0.700. The predicted octanol–water partition coefficient (Wildman–Crippen LogP) is -0.614. The first kappa shape index (κ1) is 10.4. The molecule has 2 aliphatic rings. The van der Waals surface area contributed by atoms with Crippen molar-refractivity contribution >= 4 is 11.8 Å². The van der Waals surface area contributed by atoms with Crippen molar-refractivity contribution in [1.82, 2.24) is 0 Å². The van der Waals surface area contributed by atoms with Crippen LogP contribution in [-0.4, -0.2) is 39.5 Å². The van der Waals surface area contributed by atoms with Crippen LogP contribution in [0.15, 0.2) is 0 Å². The smallest absolute Gasteiger partial charge is 0.0926 e. The molecule has 0 aliphatic carbocycles. The summed E-state index contributed by atoms with van der Waals surface area (Å²) in [7, 11) is 0. The van der Waals surface area contributed by atoms with Gasteiger partial charge in [0.1, 0.15) is 0 Å². The van der Waals surface area contributed by atoms with Gasteiger partial charge in [-0.25, -0.2) is 0 Å². The van der Waals surface area contributed by atoms with Gasteiger partial charge in [-0.2, -0.15) is 18.4 Å². The Morgan fingerprint density at radius 2 is 2.45 bits per heavy atom. The Bertz CT molecular complexity index is 147. The molecule has 2 aliphatic heterocycles. The van der Waals surface area contributed by atoms with E-state index in [1.54, 1.807) is 18.4 Å². The molecule has 2 rings (SSSR count). The standard InChI is InChI=1S/C6H9O3S.U/c7-2-6-3-10-4(1-9-6)5(6)8;/h1,4-5,7-8H,2-3H2;/q-1;/t4?,5?,6-;/m0./s1. The average molecular weight is 399 g/mol. The molecular weight excluding hydrogens is 390 g/mol. The number of thioether (sulfide) groups is 1. The third-order valence-electron chi connectivity index (χ3n) is 2.07. The molecule has 0 radical (unpaired) electrons. The zero-order valence-electron chi connectivity index (χ0n) is 5.86. The van der Waals surface area contributed by atoms with Gasteiger partial charge in [-0.05, 0) is 0 Å². The second-order valence-corrected chi connectivity index (χ2v) is 3.86. The largest absolute Gasteiger partial charge is 0.542 e. The minimum Gasteiger partial charge on any atom is -0.542 e. The van der Waals surface area contributed by atoms with Gasteiger partial charge in [-0.3, -0.25) is 0 Å². The topological polar surface area (TPSA) is 49.7 Å². The second kappa shape index (κ2) is 3.57. The first-order chi connectivity index (χ1) is 4.78. The van der Waals surface area contributed by atoms with Crippen LogP contribution in [0, 0.1) is 37.7 Å². The van der Waals surface area contributed by atoms with E-state index in [0.29, 0.717) is 5.75 Å². The SMILES string of the molecule is OC[C@@]12CSC([CH-]O1)C2O.[U]. The molecule has 2 unspecified atom stereocenters. The molecule has 2 bridgehead atoms. The first-order valence-electron chi connectivity index (χ1n) is 3.20. The molecule has 62 valence electrons. The van der Waals surface area contributed by atoms with E-state index in [0.717, 1.165) is 0 Å². The maximum absolute atomic E-state index is 9.44. The van der Waals surface area contributed by atoms with Crippen molar-refractivity contribution in [2.24, 2.45) is 0 Å². The van der Waals surface area contributed by atoms with Crippen LogP contribution in [0.25, 0.3) is 0 Å². The zero-order valence-corrected chi connectivity index (χ0v) is 10.8. The third-order valence-corrected chi connectivity index (χ3v) is 3.48.